The lowest BCUT2D eigenvalue weighted by molar-refractivity contribution is -0.150. The Morgan fingerprint density at radius 3 is 1.35 bits per heavy atom. The first-order valence-electron chi connectivity index (χ1n) is 19.1. The summed E-state index contributed by atoms with van der Waals surface area (Å²) in [4.78, 5) is 49.4. The number of unbranched alkanes of at least 4 members (excludes halogenated alkanes) is 13. The Morgan fingerprint density at radius 1 is 0.457 bits per heavy atom. The van der Waals surface area contributed by atoms with Crippen molar-refractivity contribution in [1.82, 2.24) is 5.32 Å². The Kier molecular flexibility index (Phi) is 31.3. The van der Waals surface area contributed by atoms with E-state index >= 15 is 0 Å². The molecule has 8 nitrogen and oxygen atoms in total. The van der Waals surface area contributed by atoms with Gasteiger partial charge in [0.1, 0.15) is 6.54 Å². The first-order chi connectivity index (χ1) is 22.4. The van der Waals surface area contributed by atoms with Crippen molar-refractivity contribution in [3.63, 3.8) is 0 Å². The molecule has 0 aromatic heterocycles. The molecule has 0 fully saturated rings. The molecule has 0 rings (SSSR count). The Morgan fingerprint density at radius 2 is 0.848 bits per heavy atom. The van der Waals surface area contributed by atoms with E-state index in [2.05, 4.69) is 33.0 Å². The second-order valence-corrected chi connectivity index (χ2v) is 12.9. The number of hydrogen-bond acceptors (Lipinski definition) is 7. The minimum absolute atomic E-state index is 0.0143. The zero-order valence-electron chi connectivity index (χ0n) is 30.3. The molecule has 0 saturated heterocycles. The highest BCUT2D eigenvalue weighted by molar-refractivity contribution is 5.81. The molecule has 0 heterocycles. The van der Waals surface area contributed by atoms with Gasteiger partial charge < -0.3 is 19.5 Å². The van der Waals surface area contributed by atoms with E-state index in [0.29, 0.717) is 25.9 Å². The van der Waals surface area contributed by atoms with Gasteiger partial charge in [0.2, 0.25) is 5.91 Å². The summed E-state index contributed by atoms with van der Waals surface area (Å²) in [7, 11) is 0. The van der Waals surface area contributed by atoms with Gasteiger partial charge in [-0.2, -0.15) is 0 Å². The van der Waals surface area contributed by atoms with Gasteiger partial charge in [0.15, 0.2) is 0 Å². The fraction of sp³-hybridized carbons (Fsp3) is 0.895. The Hall–Kier alpha value is -2.12. The van der Waals surface area contributed by atoms with Crippen LogP contribution in [0.3, 0.4) is 0 Å². The number of ether oxygens (including phenoxy) is 3. The topological polar surface area (TPSA) is 108 Å². The van der Waals surface area contributed by atoms with E-state index in [1.165, 1.54) is 57.8 Å². The van der Waals surface area contributed by atoms with Gasteiger partial charge in [-0.05, 0) is 44.9 Å². The zero-order chi connectivity index (χ0) is 34.1. The van der Waals surface area contributed by atoms with Gasteiger partial charge in [-0.25, -0.2) is 0 Å². The van der Waals surface area contributed by atoms with Crippen LogP contribution in [0.15, 0.2) is 0 Å². The van der Waals surface area contributed by atoms with E-state index < -0.39 is 5.97 Å². The highest BCUT2D eigenvalue weighted by atomic mass is 16.5. The molecule has 0 aromatic rings. The molecule has 0 aliphatic heterocycles. The van der Waals surface area contributed by atoms with Gasteiger partial charge in [-0.15, -0.1) is 0 Å². The van der Waals surface area contributed by atoms with Crippen LogP contribution >= 0.6 is 0 Å². The summed E-state index contributed by atoms with van der Waals surface area (Å²) in [6, 6.07) is 0. The Bertz CT molecular complexity index is 757. The minimum atomic E-state index is -0.496. The monoisotopic (exact) mass is 654 g/mol. The van der Waals surface area contributed by atoms with E-state index in [9.17, 15) is 19.2 Å². The smallest absolute Gasteiger partial charge is 0.325 e. The first-order valence-corrected chi connectivity index (χ1v) is 19.1. The molecule has 0 saturated carbocycles. The summed E-state index contributed by atoms with van der Waals surface area (Å²) in [5.74, 6) is -1.08. The average molecular weight is 654 g/mol. The summed E-state index contributed by atoms with van der Waals surface area (Å²) < 4.78 is 16.3. The molecule has 0 radical (unpaired) electrons. The molecule has 2 unspecified atom stereocenters. The van der Waals surface area contributed by atoms with E-state index in [1.54, 1.807) is 0 Å². The van der Waals surface area contributed by atoms with Gasteiger partial charge in [0.25, 0.3) is 0 Å². The predicted molar refractivity (Wildman–Crippen MR) is 186 cm³/mol. The zero-order valence-corrected chi connectivity index (χ0v) is 30.3. The SMILES string of the molecule is CCCCCCCCC(CCCCCC)C(=O)OCCCCOC(=O)CNC(=O)CCCOC(=O)C(CCCC)CCCCCC. The van der Waals surface area contributed by atoms with Gasteiger partial charge in [0, 0.05) is 6.42 Å². The minimum Gasteiger partial charge on any atom is -0.465 e. The van der Waals surface area contributed by atoms with Gasteiger partial charge >= 0.3 is 17.9 Å². The normalized spacial score (nSPS) is 12.3. The highest BCUT2D eigenvalue weighted by Gasteiger charge is 2.20. The van der Waals surface area contributed by atoms with Crippen molar-refractivity contribution in [2.45, 2.75) is 182 Å². The van der Waals surface area contributed by atoms with Crippen molar-refractivity contribution in [3.8, 4) is 0 Å². The van der Waals surface area contributed by atoms with E-state index in [1.807, 2.05) is 0 Å². The van der Waals surface area contributed by atoms with Crippen LogP contribution in [-0.4, -0.2) is 50.2 Å². The second kappa shape index (κ2) is 32.8. The number of amides is 1. The molecular formula is C38H71NO7. The second-order valence-electron chi connectivity index (χ2n) is 12.9. The van der Waals surface area contributed by atoms with Crippen LogP contribution < -0.4 is 5.32 Å². The lowest BCUT2D eigenvalue weighted by atomic mass is 9.94. The fourth-order valence-corrected chi connectivity index (χ4v) is 5.53. The molecule has 0 bridgehead atoms. The lowest BCUT2D eigenvalue weighted by Gasteiger charge is -2.16. The summed E-state index contributed by atoms with van der Waals surface area (Å²) in [5, 5.41) is 2.57. The van der Waals surface area contributed by atoms with E-state index in [4.69, 9.17) is 14.2 Å². The molecule has 0 spiro atoms. The van der Waals surface area contributed by atoms with Crippen molar-refractivity contribution >= 4 is 23.8 Å². The number of hydrogen-bond donors (Lipinski definition) is 1. The van der Waals surface area contributed by atoms with Crippen LogP contribution in [0.2, 0.25) is 0 Å². The van der Waals surface area contributed by atoms with Crippen LogP contribution in [-0.2, 0) is 33.4 Å². The van der Waals surface area contributed by atoms with Crippen molar-refractivity contribution in [3.05, 3.63) is 0 Å². The van der Waals surface area contributed by atoms with Gasteiger partial charge in [-0.3, -0.25) is 19.2 Å². The fourth-order valence-electron chi connectivity index (χ4n) is 5.53. The predicted octanol–water partition coefficient (Wildman–Crippen LogP) is 9.41. The first kappa shape index (κ1) is 43.9. The van der Waals surface area contributed by atoms with Crippen molar-refractivity contribution in [2.75, 3.05) is 26.4 Å². The molecule has 2 atom stereocenters. The summed E-state index contributed by atoms with van der Waals surface area (Å²) in [6.45, 7) is 9.27. The van der Waals surface area contributed by atoms with Crippen LogP contribution in [0, 0.1) is 11.8 Å². The maximum atomic E-state index is 12.7. The van der Waals surface area contributed by atoms with Crippen LogP contribution in [0.25, 0.3) is 0 Å². The number of rotatable bonds is 33. The Balaban J connectivity index is 4.09. The Labute approximate surface area is 282 Å². The third-order valence-electron chi connectivity index (χ3n) is 8.56. The van der Waals surface area contributed by atoms with Crippen LogP contribution in [0.5, 0.6) is 0 Å². The maximum absolute atomic E-state index is 12.7. The van der Waals surface area contributed by atoms with Gasteiger partial charge in [-0.1, -0.05) is 130 Å². The highest BCUT2D eigenvalue weighted by Crippen LogP contribution is 2.21. The molecule has 0 aromatic carbocycles. The largest absolute Gasteiger partial charge is 0.465 e. The van der Waals surface area contributed by atoms with Crippen molar-refractivity contribution in [2.24, 2.45) is 11.8 Å². The van der Waals surface area contributed by atoms with Crippen LogP contribution in [0.4, 0.5) is 0 Å². The third-order valence-corrected chi connectivity index (χ3v) is 8.56. The van der Waals surface area contributed by atoms with Gasteiger partial charge in [0.05, 0.1) is 31.7 Å². The molecule has 270 valence electrons. The molecule has 1 N–H and O–H groups in total. The van der Waals surface area contributed by atoms with E-state index in [-0.39, 0.29) is 55.9 Å². The number of nitrogens with one attached hydrogen (secondary N) is 1. The third kappa shape index (κ3) is 27.0. The van der Waals surface area contributed by atoms with Crippen molar-refractivity contribution < 1.29 is 33.4 Å². The average Bonchev–Trinajstić information content (AvgIpc) is 3.05. The number of carbonyl (C=O) groups excluding carboxylic acids is 4. The molecule has 46 heavy (non-hydrogen) atoms. The van der Waals surface area contributed by atoms with Crippen LogP contribution in [0.1, 0.15) is 182 Å². The lowest BCUT2D eigenvalue weighted by Crippen LogP contribution is -2.31. The van der Waals surface area contributed by atoms with Crippen molar-refractivity contribution in [1.29, 1.82) is 0 Å². The standard InChI is InChI=1S/C38H71NO7/c1-5-9-13-16-17-20-27-34(26-19-15-11-7-3)38(43)45-30-22-21-29-44-36(41)32-39-35(40)28-23-31-46-37(42)33(24-12-8-4)25-18-14-10-6-2/h33-34H,5-32H2,1-4H3,(H,39,40). The summed E-state index contributed by atoms with van der Waals surface area (Å²) in [5.41, 5.74) is 0. The molecule has 0 aliphatic rings. The number of carbonyl (C=O) groups is 4. The summed E-state index contributed by atoms with van der Waals surface area (Å²) in [6.07, 6.45) is 23.9. The summed E-state index contributed by atoms with van der Waals surface area (Å²) >= 11 is 0. The molecule has 0 aliphatic carbocycles. The van der Waals surface area contributed by atoms with E-state index in [0.717, 1.165) is 70.6 Å². The number of esters is 3. The maximum Gasteiger partial charge on any atom is 0.325 e. The molecule has 1 amide bonds. The molecule has 8 heteroatoms. The quantitative estimate of drug-likeness (QED) is 0.0427. The molecular weight excluding hydrogens is 582 g/mol.